The second-order valence-electron chi connectivity index (χ2n) is 6.79. The molecule has 1 fully saturated rings. The van der Waals surface area contributed by atoms with Crippen LogP contribution in [0.3, 0.4) is 0 Å². The van der Waals surface area contributed by atoms with E-state index >= 15 is 0 Å². The van der Waals surface area contributed by atoms with Crippen molar-refractivity contribution in [3.05, 3.63) is 47.5 Å². The molecule has 31 heavy (non-hydrogen) atoms. The number of anilines is 1. The van der Waals surface area contributed by atoms with Crippen molar-refractivity contribution in [2.45, 2.75) is 10.4 Å². The molecule has 1 aromatic carbocycles. The van der Waals surface area contributed by atoms with E-state index in [-0.39, 0.29) is 28.6 Å². The molecule has 0 amide bonds. The van der Waals surface area contributed by atoms with E-state index < -0.39 is 22.0 Å². The fraction of sp³-hybridized carbons (Fsp3) is 0.316. The van der Waals surface area contributed by atoms with Crippen LogP contribution in [0.25, 0.3) is 11.3 Å². The average Bonchev–Trinajstić information content (AvgIpc) is 3.43. The van der Waals surface area contributed by atoms with E-state index in [9.17, 15) is 21.6 Å². The van der Waals surface area contributed by atoms with Gasteiger partial charge >= 0.3 is 6.18 Å². The van der Waals surface area contributed by atoms with E-state index in [0.717, 1.165) is 23.1 Å². The zero-order valence-electron chi connectivity index (χ0n) is 16.3. The Morgan fingerprint density at radius 1 is 1.13 bits per heavy atom. The first-order valence-corrected chi connectivity index (χ1v) is 11.5. The van der Waals surface area contributed by atoms with Gasteiger partial charge in [-0.1, -0.05) is 17.3 Å². The molecule has 0 saturated carbocycles. The molecule has 0 N–H and O–H groups in total. The molecule has 12 heteroatoms. The number of thiophene rings is 1. The summed E-state index contributed by atoms with van der Waals surface area (Å²) < 4.78 is 75.3. The Bertz CT molecular complexity index is 1170. The predicted octanol–water partition coefficient (Wildman–Crippen LogP) is 3.94. The summed E-state index contributed by atoms with van der Waals surface area (Å²) in [6.07, 6.45) is -4.66. The van der Waals surface area contributed by atoms with Gasteiger partial charge in [0.25, 0.3) is 10.0 Å². The number of rotatable bonds is 5. The van der Waals surface area contributed by atoms with Crippen LogP contribution in [-0.4, -0.2) is 51.2 Å². The quantitative estimate of drug-likeness (QED) is 0.559. The molecule has 0 radical (unpaired) electrons. The van der Waals surface area contributed by atoms with Gasteiger partial charge in [0.15, 0.2) is 0 Å². The van der Waals surface area contributed by atoms with Crippen molar-refractivity contribution in [1.29, 1.82) is 0 Å². The summed E-state index contributed by atoms with van der Waals surface area (Å²) >= 11 is 0.939. The molecule has 0 atom stereocenters. The zero-order valence-corrected chi connectivity index (χ0v) is 17.9. The van der Waals surface area contributed by atoms with Crippen LogP contribution in [0.2, 0.25) is 0 Å². The van der Waals surface area contributed by atoms with Gasteiger partial charge in [-0.3, -0.25) is 0 Å². The lowest BCUT2D eigenvalue weighted by Gasteiger charge is -2.35. The maximum absolute atomic E-state index is 13.0. The average molecular weight is 473 g/mol. The van der Waals surface area contributed by atoms with Gasteiger partial charge in [0.1, 0.15) is 15.7 Å². The second-order valence-corrected chi connectivity index (χ2v) is 9.87. The summed E-state index contributed by atoms with van der Waals surface area (Å²) in [5.74, 6) is -0.516. The van der Waals surface area contributed by atoms with Crippen LogP contribution in [0.5, 0.6) is 5.75 Å². The van der Waals surface area contributed by atoms with Gasteiger partial charge in [0, 0.05) is 43.2 Å². The highest BCUT2D eigenvalue weighted by molar-refractivity contribution is 7.91. The number of hydrogen-bond acceptors (Lipinski definition) is 7. The first-order chi connectivity index (χ1) is 14.7. The minimum Gasteiger partial charge on any atom is -0.495 e. The monoisotopic (exact) mass is 473 g/mol. The highest BCUT2D eigenvalue weighted by atomic mass is 32.2. The summed E-state index contributed by atoms with van der Waals surface area (Å²) in [7, 11) is -2.19. The van der Waals surface area contributed by atoms with Crippen molar-refractivity contribution in [2.24, 2.45) is 0 Å². The fourth-order valence-electron chi connectivity index (χ4n) is 3.32. The number of ether oxygens (including phenoxy) is 1. The minimum atomic E-state index is -4.66. The molecule has 7 nitrogen and oxygen atoms in total. The molecule has 0 spiro atoms. The van der Waals surface area contributed by atoms with Crippen molar-refractivity contribution >= 4 is 27.0 Å². The number of para-hydroxylation sites is 2. The molecule has 1 aliphatic heterocycles. The number of halogens is 3. The van der Waals surface area contributed by atoms with Crippen LogP contribution in [0.1, 0.15) is 5.76 Å². The number of nitrogens with zero attached hydrogens (tertiary/aromatic N) is 3. The molecular weight excluding hydrogens is 455 g/mol. The van der Waals surface area contributed by atoms with Gasteiger partial charge in [-0.15, -0.1) is 11.3 Å². The van der Waals surface area contributed by atoms with Crippen molar-refractivity contribution < 1.29 is 30.8 Å². The summed E-state index contributed by atoms with van der Waals surface area (Å²) in [4.78, 5) is 2.05. The lowest BCUT2D eigenvalue weighted by Crippen LogP contribution is -2.48. The maximum Gasteiger partial charge on any atom is 0.452 e. The number of hydrogen-bond donors (Lipinski definition) is 0. The highest BCUT2D eigenvalue weighted by Crippen LogP contribution is 2.35. The third kappa shape index (κ3) is 4.27. The second kappa shape index (κ2) is 8.17. The predicted molar refractivity (Wildman–Crippen MR) is 109 cm³/mol. The van der Waals surface area contributed by atoms with Gasteiger partial charge in [0.2, 0.25) is 5.76 Å². The van der Waals surface area contributed by atoms with Gasteiger partial charge in [0.05, 0.1) is 12.8 Å². The third-order valence-electron chi connectivity index (χ3n) is 4.92. The molecule has 0 unspecified atom stereocenters. The van der Waals surface area contributed by atoms with Crippen LogP contribution in [0, 0.1) is 0 Å². The van der Waals surface area contributed by atoms with Crippen LogP contribution in [0.4, 0.5) is 18.9 Å². The van der Waals surface area contributed by atoms with E-state index in [2.05, 4.69) is 14.6 Å². The van der Waals surface area contributed by atoms with Crippen molar-refractivity contribution in [3.8, 4) is 17.0 Å². The van der Waals surface area contributed by atoms with E-state index in [1.54, 1.807) is 7.11 Å². The van der Waals surface area contributed by atoms with Gasteiger partial charge in [-0.2, -0.15) is 17.5 Å². The molecular formula is C19H18F3N3O4S2. The lowest BCUT2D eigenvalue weighted by atomic mass is 10.2. The van der Waals surface area contributed by atoms with Gasteiger partial charge in [-0.25, -0.2) is 8.42 Å². The maximum atomic E-state index is 13.0. The first-order valence-electron chi connectivity index (χ1n) is 9.21. The first kappa shape index (κ1) is 21.7. The van der Waals surface area contributed by atoms with Crippen molar-refractivity contribution in [3.63, 3.8) is 0 Å². The third-order valence-corrected chi connectivity index (χ3v) is 8.23. The fourth-order valence-corrected chi connectivity index (χ4v) is 6.07. The summed E-state index contributed by atoms with van der Waals surface area (Å²) in [6, 6.07) is 9.60. The molecule has 1 saturated heterocycles. The number of sulfonamides is 1. The van der Waals surface area contributed by atoms with E-state index in [4.69, 9.17) is 4.74 Å². The van der Waals surface area contributed by atoms with Crippen molar-refractivity contribution in [1.82, 2.24) is 9.46 Å². The van der Waals surface area contributed by atoms with E-state index in [1.807, 2.05) is 24.3 Å². The minimum absolute atomic E-state index is 0.0461. The zero-order chi connectivity index (χ0) is 22.2. The van der Waals surface area contributed by atoms with Gasteiger partial charge in [-0.05, 0) is 18.2 Å². The van der Waals surface area contributed by atoms with Crippen molar-refractivity contribution in [2.75, 3.05) is 38.2 Å². The van der Waals surface area contributed by atoms with Crippen LogP contribution >= 0.6 is 11.3 Å². The Labute approximate surface area is 180 Å². The Balaban J connectivity index is 1.48. The molecule has 4 rings (SSSR count). The topological polar surface area (TPSA) is 75.9 Å². The smallest absolute Gasteiger partial charge is 0.452 e. The number of aromatic nitrogens is 1. The Morgan fingerprint density at radius 2 is 1.84 bits per heavy atom. The summed E-state index contributed by atoms with van der Waals surface area (Å²) in [5.41, 5.74) is 1.09. The van der Waals surface area contributed by atoms with Gasteiger partial charge < -0.3 is 14.2 Å². The Kier molecular flexibility index (Phi) is 5.71. The number of alkyl halides is 3. The highest BCUT2D eigenvalue weighted by Gasteiger charge is 2.36. The van der Waals surface area contributed by atoms with Crippen LogP contribution in [0.15, 0.2) is 50.5 Å². The SMILES string of the molecule is COc1ccccc1N1CCN(S(=O)(=O)c2cc(-c3cc(C(F)(F)F)on3)cs2)CC1. The van der Waals surface area contributed by atoms with Crippen LogP contribution < -0.4 is 9.64 Å². The standard InChI is InChI=1S/C19H18F3N3O4S2/c1-28-16-5-3-2-4-15(16)24-6-8-25(9-7-24)31(26,27)18-10-13(12-30-18)14-11-17(29-23-14)19(20,21)22/h2-5,10-12H,6-9H2,1H3. The number of benzene rings is 1. The molecule has 3 aromatic rings. The molecule has 0 aliphatic carbocycles. The van der Waals surface area contributed by atoms with E-state index in [1.165, 1.54) is 15.8 Å². The Hall–Kier alpha value is -2.57. The number of methoxy groups -OCH3 is 1. The molecule has 0 bridgehead atoms. The van der Waals surface area contributed by atoms with E-state index in [0.29, 0.717) is 18.8 Å². The summed E-state index contributed by atoms with van der Waals surface area (Å²) in [5, 5.41) is 4.86. The summed E-state index contributed by atoms with van der Waals surface area (Å²) in [6.45, 7) is 1.51. The molecule has 166 valence electrons. The molecule has 3 heterocycles. The normalized spacial score (nSPS) is 15.9. The Morgan fingerprint density at radius 3 is 2.48 bits per heavy atom. The largest absolute Gasteiger partial charge is 0.495 e. The van der Waals surface area contributed by atoms with Crippen LogP contribution in [-0.2, 0) is 16.2 Å². The number of piperazine rings is 1. The lowest BCUT2D eigenvalue weighted by molar-refractivity contribution is -0.155. The molecule has 2 aromatic heterocycles. The molecule has 1 aliphatic rings.